The molecule has 0 amide bonds. The molecule has 0 saturated heterocycles. The first-order chi connectivity index (χ1) is 10.9. The molecule has 0 radical (unpaired) electrons. The molecule has 1 nitrogen and oxygen atoms in total. The fourth-order valence-electron chi connectivity index (χ4n) is 4.61. The van der Waals surface area contributed by atoms with E-state index < -0.39 is 16.1 Å². The first-order valence-corrected chi connectivity index (χ1v) is 15.0. The third-order valence-corrected chi connectivity index (χ3v) is 13.0. The van der Waals surface area contributed by atoms with E-state index in [1.807, 2.05) is 0 Å². The highest BCUT2D eigenvalue weighted by molar-refractivity contribution is 7.13. The molecule has 23 heavy (non-hydrogen) atoms. The summed E-state index contributed by atoms with van der Waals surface area (Å²) in [4.78, 5) is 0. The van der Waals surface area contributed by atoms with Gasteiger partial charge in [-0.05, 0) is 41.1 Å². The molecule has 4 rings (SSSR count). The van der Waals surface area contributed by atoms with Crippen molar-refractivity contribution in [3.8, 4) is 0 Å². The monoisotopic (exact) mass is 338 g/mol. The number of hydrogen-bond acceptors (Lipinski definition) is 1. The molecule has 1 aromatic carbocycles. The molecule has 0 spiro atoms. The zero-order chi connectivity index (χ0) is 16.4. The number of rotatable bonds is 4. The van der Waals surface area contributed by atoms with Gasteiger partial charge in [-0.1, -0.05) is 72.1 Å². The minimum atomic E-state index is -1.55. The van der Waals surface area contributed by atoms with Crippen molar-refractivity contribution in [3.63, 3.8) is 0 Å². The van der Waals surface area contributed by atoms with E-state index in [-0.39, 0.29) is 0 Å². The van der Waals surface area contributed by atoms with Crippen LogP contribution in [0.4, 0.5) is 0 Å². The van der Waals surface area contributed by atoms with Gasteiger partial charge in [0.15, 0.2) is 0 Å². The van der Waals surface area contributed by atoms with E-state index in [0.717, 1.165) is 12.5 Å². The Kier molecular flexibility index (Phi) is 3.28. The van der Waals surface area contributed by atoms with Crippen LogP contribution in [-0.4, -0.2) is 27.9 Å². The van der Waals surface area contributed by atoms with Gasteiger partial charge in [-0.25, -0.2) is 0 Å². The highest BCUT2D eigenvalue weighted by Gasteiger charge is 2.52. The van der Waals surface area contributed by atoms with Gasteiger partial charge < -0.3 is 5.11 Å². The predicted octanol–water partition coefficient (Wildman–Crippen LogP) is 4.75. The van der Waals surface area contributed by atoms with Crippen LogP contribution in [0.1, 0.15) is 23.1 Å². The molecule has 120 valence electrons. The summed E-state index contributed by atoms with van der Waals surface area (Å²) in [6.07, 6.45) is 6.97. The molecule has 1 aliphatic heterocycles. The molecule has 0 bridgehead atoms. The van der Waals surface area contributed by atoms with Crippen LogP contribution in [0.3, 0.4) is 0 Å². The largest absolute Gasteiger partial charge is 0.397 e. The number of hydrogen-bond donors (Lipinski definition) is 1. The molecular weight excluding hydrogens is 312 g/mol. The van der Waals surface area contributed by atoms with Gasteiger partial charge in [0, 0.05) is 6.61 Å². The predicted molar refractivity (Wildman–Crippen MR) is 105 cm³/mol. The Morgan fingerprint density at radius 2 is 2.00 bits per heavy atom. The van der Waals surface area contributed by atoms with Crippen molar-refractivity contribution in [1.82, 2.24) is 0 Å². The molecule has 1 N–H and O–H groups in total. The summed E-state index contributed by atoms with van der Waals surface area (Å²) in [6, 6.07) is 7.88. The normalized spacial score (nSPS) is 21.1. The van der Waals surface area contributed by atoms with E-state index in [0.29, 0.717) is 6.61 Å². The molecule has 1 aromatic rings. The average Bonchev–Trinajstić information content (AvgIpc) is 2.96. The third-order valence-electron chi connectivity index (χ3n) is 6.11. The van der Waals surface area contributed by atoms with Crippen molar-refractivity contribution >= 4 is 26.9 Å². The van der Waals surface area contributed by atoms with E-state index in [4.69, 9.17) is 0 Å². The lowest BCUT2D eigenvalue weighted by molar-refractivity contribution is 0.316. The molecule has 1 heterocycles. The molecule has 0 unspecified atom stereocenters. The van der Waals surface area contributed by atoms with Crippen LogP contribution in [0.5, 0.6) is 0 Å². The van der Waals surface area contributed by atoms with Crippen LogP contribution in [0.15, 0.2) is 40.7 Å². The first-order valence-electron chi connectivity index (χ1n) is 8.75. The lowest BCUT2D eigenvalue weighted by atomic mass is 9.96. The third kappa shape index (κ3) is 2.13. The van der Waals surface area contributed by atoms with E-state index >= 15 is 0 Å². The van der Waals surface area contributed by atoms with Gasteiger partial charge >= 0.3 is 0 Å². The summed E-state index contributed by atoms with van der Waals surface area (Å²) in [6.45, 7) is 10.1. The maximum Gasteiger partial charge on any atom is 0.108 e. The summed E-state index contributed by atoms with van der Waals surface area (Å²) in [5.74, 6) is 0. The van der Waals surface area contributed by atoms with Crippen LogP contribution in [0, 0.1) is 0 Å². The van der Waals surface area contributed by atoms with Gasteiger partial charge in [0.2, 0.25) is 0 Å². The van der Waals surface area contributed by atoms with Crippen molar-refractivity contribution in [3.05, 3.63) is 57.4 Å². The van der Waals surface area contributed by atoms with Crippen LogP contribution in [0.2, 0.25) is 32.2 Å². The molecule has 0 saturated carbocycles. The maximum absolute atomic E-state index is 9.48. The molecule has 3 heteroatoms. The zero-order valence-corrected chi connectivity index (χ0v) is 16.7. The van der Waals surface area contributed by atoms with Gasteiger partial charge in [-0.3, -0.25) is 0 Å². The van der Waals surface area contributed by atoms with Crippen molar-refractivity contribution in [2.24, 2.45) is 0 Å². The number of allylic oxidation sites excluding steroid dienone is 5. The average molecular weight is 339 g/mol. The zero-order valence-electron chi connectivity index (χ0n) is 14.7. The molecular formula is C20H26OSi2. The Hall–Kier alpha value is -1.17. The summed E-state index contributed by atoms with van der Waals surface area (Å²) < 4.78 is 0. The Labute approximate surface area is 141 Å². The van der Waals surface area contributed by atoms with Crippen molar-refractivity contribution < 1.29 is 5.11 Å². The standard InChI is InChI=1S/C20H26OSi2/c1-22(2,12-11-21)17-10-6-8-15(17)16-9-5-7-14-13-18-20(19(14)16)23(18,3)4/h5-7,9-10,21H,8,11-13H2,1-4H3. The van der Waals surface area contributed by atoms with Gasteiger partial charge in [0.1, 0.15) is 8.07 Å². The number of aliphatic hydroxyl groups is 1. The summed E-state index contributed by atoms with van der Waals surface area (Å²) in [7, 11) is -2.72. The molecule has 0 atom stereocenters. The highest BCUT2D eigenvalue weighted by Crippen LogP contribution is 2.58. The van der Waals surface area contributed by atoms with E-state index in [1.165, 1.54) is 12.0 Å². The molecule has 3 aliphatic rings. The smallest absolute Gasteiger partial charge is 0.108 e. The number of aliphatic hydroxyl groups excluding tert-OH is 1. The van der Waals surface area contributed by atoms with Gasteiger partial charge in [0.25, 0.3) is 0 Å². The Morgan fingerprint density at radius 3 is 2.74 bits per heavy atom. The minimum absolute atomic E-state index is 0.311. The quantitative estimate of drug-likeness (QED) is 0.786. The van der Waals surface area contributed by atoms with Crippen molar-refractivity contribution in [2.45, 2.75) is 45.1 Å². The topological polar surface area (TPSA) is 20.2 Å². The van der Waals surface area contributed by atoms with E-state index in [9.17, 15) is 5.11 Å². The second kappa shape index (κ2) is 4.92. The van der Waals surface area contributed by atoms with Gasteiger partial charge in [-0.15, -0.1) is 0 Å². The molecule has 2 aliphatic carbocycles. The van der Waals surface area contributed by atoms with Crippen LogP contribution in [0.25, 0.3) is 10.8 Å². The lowest BCUT2D eigenvalue weighted by Crippen LogP contribution is -2.29. The first kappa shape index (κ1) is 15.4. The molecule has 0 aromatic heterocycles. The van der Waals surface area contributed by atoms with Gasteiger partial charge in [-0.2, -0.15) is 0 Å². The number of fused-ring (bicyclic) bond motifs is 2. The van der Waals surface area contributed by atoms with Crippen LogP contribution >= 0.6 is 0 Å². The summed E-state index contributed by atoms with van der Waals surface area (Å²) in [5, 5.41) is 14.6. The highest BCUT2D eigenvalue weighted by atomic mass is 28.3. The number of benzene rings is 1. The van der Waals surface area contributed by atoms with Crippen molar-refractivity contribution in [1.29, 1.82) is 0 Å². The fourth-order valence-corrected chi connectivity index (χ4v) is 10.7. The Morgan fingerprint density at radius 1 is 1.22 bits per heavy atom. The fraction of sp³-hybridized carbons (Fsp3) is 0.400. The van der Waals surface area contributed by atoms with Crippen LogP contribution < -0.4 is 0 Å². The second-order valence-electron chi connectivity index (χ2n) is 8.35. The minimum Gasteiger partial charge on any atom is -0.397 e. The molecule has 0 fully saturated rings. The summed E-state index contributed by atoms with van der Waals surface area (Å²) in [5.41, 5.74) is 6.21. The van der Waals surface area contributed by atoms with Gasteiger partial charge in [0.05, 0.1) is 8.07 Å². The SMILES string of the molecule is C[Si](C)(CCO)C1=C(c2cccc3c2C2=C(C3)[Si]2(C)C)CC=C1. The van der Waals surface area contributed by atoms with Crippen LogP contribution in [-0.2, 0) is 6.42 Å². The van der Waals surface area contributed by atoms with E-state index in [2.05, 4.69) is 56.5 Å². The summed E-state index contributed by atoms with van der Waals surface area (Å²) >= 11 is 0. The maximum atomic E-state index is 9.48. The Bertz CT molecular complexity index is 794. The van der Waals surface area contributed by atoms with E-state index in [1.54, 1.807) is 32.3 Å². The second-order valence-corrected chi connectivity index (χ2v) is 17.5. The lowest BCUT2D eigenvalue weighted by Gasteiger charge is -2.26. The Balaban J connectivity index is 1.84. The van der Waals surface area contributed by atoms with Crippen molar-refractivity contribution in [2.75, 3.05) is 6.61 Å².